The summed E-state index contributed by atoms with van der Waals surface area (Å²) in [6, 6.07) is 4.83. The van der Waals surface area contributed by atoms with Crippen molar-refractivity contribution in [3.05, 3.63) is 29.8 Å². The normalized spacial score (nSPS) is 11.6. The molecule has 2 amide bonds. The lowest BCUT2D eigenvalue weighted by Crippen LogP contribution is -2.43. The summed E-state index contributed by atoms with van der Waals surface area (Å²) in [6.45, 7) is 0. The maximum Gasteiger partial charge on any atom is 0.326 e. The Kier molecular flexibility index (Phi) is 4.25. The van der Waals surface area contributed by atoms with E-state index in [4.69, 9.17) is 16.6 Å². The fraction of sp³-hybridized carbons (Fsp3) is 0.182. The SMILES string of the molecule is NC(=O)C[C@@H](NC(=O)c1ccccc1N)C(=O)O. The summed E-state index contributed by atoms with van der Waals surface area (Å²) in [5, 5.41) is 11.0. The van der Waals surface area contributed by atoms with Crippen LogP contribution in [0.25, 0.3) is 0 Å². The van der Waals surface area contributed by atoms with Gasteiger partial charge in [0.25, 0.3) is 5.91 Å². The van der Waals surface area contributed by atoms with Crippen LogP contribution in [0.1, 0.15) is 16.8 Å². The van der Waals surface area contributed by atoms with Gasteiger partial charge >= 0.3 is 5.97 Å². The number of nitrogen functional groups attached to an aromatic ring is 1. The standard InChI is InChI=1S/C11H13N3O4/c12-7-4-2-1-3-6(7)10(16)14-8(11(17)18)5-9(13)15/h1-4,8H,5,12H2,(H2,13,15)(H,14,16)(H,17,18)/t8-/m1/s1. The zero-order chi connectivity index (χ0) is 13.7. The van der Waals surface area contributed by atoms with Gasteiger partial charge in [-0.2, -0.15) is 0 Å². The Morgan fingerprint density at radius 2 is 1.89 bits per heavy atom. The van der Waals surface area contributed by atoms with Gasteiger partial charge in [0.2, 0.25) is 5.91 Å². The zero-order valence-electron chi connectivity index (χ0n) is 9.42. The van der Waals surface area contributed by atoms with Crippen LogP contribution in [0.5, 0.6) is 0 Å². The van der Waals surface area contributed by atoms with E-state index in [1.54, 1.807) is 12.1 Å². The van der Waals surface area contributed by atoms with E-state index in [2.05, 4.69) is 5.32 Å². The smallest absolute Gasteiger partial charge is 0.326 e. The third kappa shape index (κ3) is 3.48. The number of benzene rings is 1. The number of primary amides is 1. The minimum atomic E-state index is -1.37. The molecule has 18 heavy (non-hydrogen) atoms. The molecule has 7 heteroatoms. The van der Waals surface area contributed by atoms with Crippen LogP contribution in [0.4, 0.5) is 5.69 Å². The number of carbonyl (C=O) groups excluding carboxylic acids is 2. The molecule has 0 aliphatic rings. The third-order valence-corrected chi connectivity index (χ3v) is 2.21. The van der Waals surface area contributed by atoms with Gasteiger partial charge in [-0.05, 0) is 12.1 Å². The Balaban J connectivity index is 2.82. The van der Waals surface area contributed by atoms with E-state index in [0.717, 1.165) is 0 Å². The van der Waals surface area contributed by atoms with Crippen LogP contribution in [0, 0.1) is 0 Å². The molecular formula is C11H13N3O4. The molecule has 0 radical (unpaired) electrons. The molecule has 7 nitrogen and oxygen atoms in total. The van der Waals surface area contributed by atoms with Crippen LogP contribution in [-0.4, -0.2) is 28.9 Å². The molecule has 0 fully saturated rings. The molecule has 0 aromatic heterocycles. The second kappa shape index (κ2) is 5.67. The van der Waals surface area contributed by atoms with Crippen LogP contribution >= 0.6 is 0 Å². The van der Waals surface area contributed by atoms with Crippen molar-refractivity contribution in [2.75, 3.05) is 5.73 Å². The molecule has 6 N–H and O–H groups in total. The maximum atomic E-state index is 11.8. The maximum absolute atomic E-state index is 11.8. The van der Waals surface area contributed by atoms with Gasteiger partial charge in [0.15, 0.2) is 0 Å². The summed E-state index contributed by atoms with van der Waals surface area (Å²) >= 11 is 0. The Labute approximate surface area is 103 Å². The molecule has 1 rings (SSSR count). The lowest BCUT2D eigenvalue weighted by Gasteiger charge is -2.13. The van der Waals surface area contributed by atoms with Crippen molar-refractivity contribution in [3.63, 3.8) is 0 Å². The van der Waals surface area contributed by atoms with E-state index in [1.807, 2.05) is 0 Å². The first-order valence-electron chi connectivity index (χ1n) is 5.08. The van der Waals surface area contributed by atoms with Gasteiger partial charge in [-0.15, -0.1) is 0 Å². The Bertz CT molecular complexity index is 487. The van der Waals surface area contributed by atoms with E-state index < -0.39 is 30.2 Å². The van der Waals surface area contributed by atoms with Gasteiger partial charge in [0.1, 0.15) is 6.04 Å². The topological polar surface area (TPSA) is 136 Å². The molecule has 0 saturated carbocycles. The molecule has 0 spiro atoms. The first-order valence-corrected chi connectivity index (χ1v) is 5.08. The number of rotatable bonds is 5. The number of hydrogen-bond donors (Lipinski definition) is 4. The average molecular weight is 251 g/mol. The van der Waals surface area contributed by atoms with Crippen LogP contribution < -0.4 is 16.8 Å². The molecule has 1 aromatic rings. The summed E-state index contributed by atoms with van der Waals surface area (Å²) in [7, 11) is 0. The number of nitrogens with one attached hydrogen (secondary N) is 1. The number of carboxylic acids is 1. The molecule has 0 heterocycles. The van der Waals surface area contributed by atoms with Gasteiger partial charge in [0, 0.05) is 5.69 Å². The van der Waals surface area contributed by atoms with E-state index >= 15 is 0 Å². The van der Waals surface area contributed by atoms with Gasteiger partial charge in [0.05, 0.1) is 12.0 Å². The summed E-state index contributed by atoms with van der Waals surface area (Å²) in [5.74, 6) is -2.82. The van der Waals surface area contributed by atoms with Crippen molar-refractivity contribution in [2.45, 2.75) is 12.5 Å². The van der Waals surface area contributed by atoms with Crippen molar-refractivity contribution >= 4 is 23.5 Å². The van der Waals surface area contributed by atoms with Gasteiger partial charge < -0.3 is 21.9 Å². The number of aliphatic carboxylic acids is 1. The predicted octanol–water partition coefficient (Wildman–Crippen LogP) is -0.673. The highest BCUT2D eigenvalue weighted by Gasteiger charge is 2.23. The number of hydrogen-bond acceptors (Lipinski definition) is 4. The Morgan fingerprint density at radius 3 is 2.39 bits per heavy atom. The molecule has 0 bridgehead atoms. The third-order valence-electron chi connectivity index (χ3n) is 2.21. The minimum Gasteiger partial charge on any atom is -0.480 e. The highest BCUT2D eigenvalue weighted by Crippen LogP contribution is 2.10. The molecule has 96 valence electrons. The van der Waals surface area contributed by atoms with Crippen molar-refractivity contribution in [2.24, 2.45) is 5.73 Å². The number of amides is 2. The highest BCUT2D eigenvalue weighted by atomic mass is 16.4. The average Bonchev–Trinajstić information content (AvgIpc) is 2.27. The molecule has 1 aromatic carbocycles. The number of nitrogens with two attached hydrogens (primary N) is 2. The van der Waals surface area contributed by atoms with E-state index in [-0.39, 0.29) is 11.3 Å². The van der Waals surface area contributed by atoms with Crippen LogP contribution in [-0.2, 0) is 9.59 Å². The van der Waals surface area contributed by atoms with Crippen molar-refractivity contribution in [3.8, 4) is 0 Å². The van der Waals surface area contributed by atoms with E-state index in [0.29, 0.717) is 0 Å². The molecule has 0 saturated heterocycles. The van der Waals surface area contributed by atoms with Crippen LogP contribution in [0.2, 0.25) is 0 Å². The van der Waals surface area contributed by atoms with E-state index in [9.17, 15) is 14.4 Å². The molecule has 1 atom stereocenters. The second-order valence-corrected chi connectivity index (χ2v) is 3.62. The molecular weight excluding hydrogens is 238 g/mol. The van der Waals surface area contributed by atoms with Crippen molar-refractivity contribution < 1.29 is 19.5 Å². The van der Waals surface area contributed by atoms with Gasteiger partial charge in [-0.25, -0.2) is 4.79 Å². The second-order valence-electron chi connectivity index (χ2n) is 3.62. The fourth-order valence-electron chi connectivity index (χ4n) is 1.34. The summed E-state index contributed by atoms with van der Waals surface area (Å²) < 4.78 is 0. The van der Waals surface area contributed by atoms with Gasteiger partial charge in [-0.1, -0.05) is 12.1 Å². The summed E-state index contributed by atoms with van der Waals surface area (Å²) in [5.41, 5.74) is 10.8. The molecule has 0 aliphatic carbocycles. The first kappa shape index (κ1) is 13.5. The monoisotopic (exact) mass is 251 g/mol. The largest absolute Gasteiger partial charge is 0.480 e. The van der Waals surface area contributed by atoms with Crippen molar-refractivity contribution in [1.82, 2.24) is 5.32 Å². The predicted molar refractivity (Wildman–Crippen MR) is 63.6 cm³/mol. The number of carboxylic acid groups (broad SMARTS) is 1. The number of para-hydroxylation sites is 1. The summed E-state index contributed by atoms with van der Waals surface area (Å²) in [6.07, 6.45) is -0.478. The summed E-state index contributed by atoms with van der Waals surface area (Å²) in [4.78, 5) is 33.3. The zero-order valence-corrected chi connectivity index (χ0v) is 9.42. The number of anilines is 1. The van der Waals surface area contributed by atoms with Crippen LogP contribution in [0.3, 0.4) is 0 Å². The minimum absolute atomic E-state index is 0.147. The Hall–Kier alpha value is -2.57. The van der Waals surface area contributed by atoms with Gasteiger partial charge in [-0.3, -0.25) is 9.59 Å². The number of carbonyl (C=O) groups is 3. The molecule has 0 aliphatic heterocycles. The Morgan fingerprint density at radius 1 is 1.28 bits per heavy atom. The first-order chi connectivity index (χ1) is 8.41. The molecule has 0 unspecified atom stereocenters. The van der Waals surface area contributed by atoms with Crippen LogP contribution in [0.15, 0.2) is 24.3 Å². The quantitative estimate of drug-likeness (QED) is 0.514. The lowest BCUT2D eigenvalue weighted by atomic mass is 10.1. The van der Waals surface area contributed by atoms with E-state index in [1.165, 1.54) is 12.1 Å². The lowest BCUT2D eigenvalue weighted by molar-refractivity contribution is -0.140. The fourth-order valence-corrected chi connectivity index (χ4v) is 1.34. The highest BCUT2D eigenvalue weighted by molar-refractivity contribution is 6.01. The van der Waals surface area contributed by atoms with Crippen molar-refractivity contribution in [1.29, 1.82) is 0 Å².